The molecule has 5 rings (SSSR count). The summed E-state index contributed by atoms with van der Waals surface area (Å²) in [4.78, 5) is 32.4. The highest BCUT2D eigenvalue weighted by atomic mass is 19.4. The average Bonchev–Trinajstić information content (AvgIpc) is 3.37. The summed E-state index contributed by atoms with van der Waals surface area (Å²) in [5.74, 6) is 5.15. The number of rotatable bonds is 4. The van der Waals surface area contributed by atoms with Crippen LogP contribution < -0.4 is 5.32 Å². The van der Waals surface area contributed by atoms with Gasteiger partial charge in [-0.15, -0.1) is 0 Å². The van der Waals surface area contributed by atoms with E-state index in [-0.39, 0.29) is 29.3 Å². The van der Waals surface area contributed by atoms with Gasteiger partial charge in [0.2, 0.25) is 5.82 Å². The van der Waals surface area contributed by atoms with Crippen LogP contribution in [0.15, 0.2) is 55.0 Å². The summed E-state index contributed by atoms with van der Waals surface area (Å²) in [5, 5.41) is 3.42. The Kier molecular flexibility index (Phi) is 7.09. The summed E-state index contributed by atoms with van der Waals surface area (Å²) in [5.41, 5.74) is 0.807. The maximum absolute atomic E-state index is 13.9. The third-order valence-corrected chi connectivity index (χ3v) is 6.27. The molecular formula is C27H24F3N7O. The van der Waals surface area contributed by atoms with Gasteiger partial charge in [0, 0.05) is 68.0 Å². The summed E-state index contributed by atoms with van der Waals surface area (Å²) >= 11 is 0. The Morgan fingerprint density at radius 2 is 1.89 bits per heavy atom. The van der Waals surface area contributed by atoms with Crippen molar-refractivity contribution in [3.8, 4) is 11.8 Å². The van der Waals surface area contributed by atoms with Gasteiger partial charge in [0.05, 0.1) is 5.56 Å². The smallest absolute Gasteiger partial charge is 0.346 e. The van der Waals surface area contributed by atoms with Gasteiger partial charge in [-0.05, 0) is 48.9 Å². The highest BCUT2D eigenvalue weighted by Crippen LogP contribution is 2.34. The van der Waals surface area contributed by atoms with E-state index in [1.54, 1.807) is 12.4 Å². The minimum atomic E-state index is -4.56. The molecular weight excluding hydrogens is 495 g/mol. The highest BCUT2D eigenvalue weighted by molar-refractivity contribution is 6.02. The average molecular weight is 520 g/mol. The monoisotopic (exact) mass is 519 g/mol. The molecule has 38 heavy (non-hydrogen) atoms. The highest BCUT2D eigenvalue weighted by Gasteiger charge is 2.34. The number of hydrogen-bond acceptors (Lipinski definition) is 6. The van der Waals surface area contributed by atoms with Crippen molar-refractivity contribution < 1.29 is 18.0 Å². The molecule has 3 aromatic heterocycles. The van der Waals surface area contributed by atoms with Crippen molar-refractivity contribution in [2.45, 2.75) is 12.7 Å². The molecule has 194 valence electrons. The number of halogens is 3. The Morgan fingerprint density at radius 1 is 1.08 bits per heavy atom. The van der Waals surface area contributed by atoms with E-state index in [0.717, 1.165) is 30.2 Å². The molecule has 0 spiro atoms. The van der Waals surface area contributed by atoms with Crippen molar-refractivity contribution in [1.82, 2.24) is 29.7 Å². The number of anilines is 1. The van der Waals surface area contributed by atoms with Gasteiger partial charge in [-0.3, -0.25) is 9.69 Å². The molecule has 1 saturated heterocycles. The first-order valence-electron chi connectivity index (χ1n) is 12.0. The number of piperazine rings is 1. The van der Waals surface area contributed by atoms with Gasteiger partial charge in [0.15, 0.2) is 0 Å². The second-order valence-corrected chi connectivity index (χ2v) is 9.06. The zero-order chi connectivity index (χ0) is 26.7. The Balaban J connectivity index is 1.31. The van der Waals surface area contributed by atoms with E-state index in [1.165, 1.54) is 24.4 Å². The molecule has 1 amide bonds. The fraction of sp³-hybridized carbons (Fsp3) is 0.259. The van der Waals surface area contributed by atoms with E-state index in [1.807, 2.05) is 24.1 Å². The van der Waals surface area contributed by atoms with Gasteiger partial charge in [-0.2, -0.15) is 13.2 Å². The van der Waals surface area contributed by atoms with Crippen molar-refractivity contribution in [3.63, 3.8) is 0 Å². The van der Waals surface area contributed by atoms with E-state index in [0.29, 0.717) is 18.7 Å². The first-order chi connectivity index (χ1) is 18.2. The molecule has 1 aliphatic rings. The number of aromatic nitrogens is 4. The van der Waals surface area contributed by atoms with E-state index in [4.69, 9.17) is 0 Å². The van der Waals surface area contributed by atoms with Crippen LogP contribution in [-0.2, 0) is 12.7 Å². The molecule has 0 radical (unpaired) electrons. The van der Waals surface area contributed by atoms with Crippen molar-refractivity contribution in [2.24, 2.45) is 0 Å². The lowest BCUT2D eigenvalue weighted by Gasteiger charge is -2.33. The van der Waals surface area contributed by atoms with E-state index in [9.17, 15) is 18.0 Å². The molecule has 11 heteroatoms. The van der Waals surface area contributed by atoms with Crippen LogP contribution in [0.1, 0.15) is 33.0 Å². The Bertz CT molecular complexity index is 1530. The van der Waals surface area contributed by atoms with Crippen LogP contribution in [0, 0.1) is 11.8 Å². The number of H-pyrrole nitrogens is 1. The SMILES string of the molecule is CN1CCN(Cc2ccc(NC(=O)c3ccnc(C#Cc4cnc5[nH]ccc5c4)n3)cc2C(F)(F)F)CC1. The Labute approximate surface area is 216 Å². The number of alkyl halides is 3. The van der Waals surface area contributed by atoms with Crippen LogP contribution in [0.5, 0.6) is 0 Å². The van der Waals surface area contributed by atoms with E-state index < -0.39 is 17.6 Å². The normalized spacial score (nSPS) is 14.7. The first kappa shape index (κ1) is 25.4. The maximum atomic E-state index is 13.9. The number of nitrogens with zero attached hydrogens (tertiary/aromatic N) is 5. The first-order valence-corrected chi connectivity index (χ1v) is 12.0. The number of amides is 1. The van der Waals surface area contributed by atoms with Crippen LogP contribution in [0.4, 0.5) is 18.9 Å². The molecule has 2 N–H and O–H groups in total. The summed E-state index contributed by atoms with van der Waals surface area (Å²) in [6.07, 6.45) is 0.200. The molecule has 1 aromatic carbocycles. The number of benzene rings is 1. The fourth-order valence-electron chi connectivity index (χ4n) is 4.18. The lowest BCUT2D eigenvalue weighted by atomic mass is 10.0. The van der Waals surface area contributed by atoms with Gasteiger partial charge >= 0.3 is 6.18 Å². The molecule has 0 atom stereocenters. The quantitative estimate of drug-likeness (QED) is 0.399. The fourth-order valence-corrected chi connectivity index (χ4v) is 4.18. The van der Waals surface area contributed by atoms with E-state index >= 15 is 0 Å². The molecule has 8 nitrogen and oxygen atoms in total. The Morgan fingerprint density at radius 3 is 2.68 bits per heavy atom. The standard InChI is InChI=1S/C27H24F3N7O/c1-36-10-12-37(13-11-36)17-20-3-4-21(15-22(20)27(28,29)30)34-26(38)23-7-9-31-24(35-23)5-2-18-14-19-6-8-32-25(19)33-16-18/h3-4,6-9,14-16H,10-13,17H2,1H3,(H,32,33)(H,34,38). The number of pyridine rings is 1. The predicted octanol–water partition coefficient (Wildman–Crippen LogP) is 3.77. The minimum Gasteiger partial charge on any atom is -0.346 e. The maximum Gasteiger partial charge on any atom is 0.416 e. The van der Waals surface area contributed by atoms with Gasteiger partial charge < -0.3 is 15.2 Å². The molecule has 0 aliphatic carbocycles. The molecule has 4 heterocycles. The van der Waals surface area contributed by atoms with Crippen LogP contribution in [0.3, 0.4) is 0 Å². The van der Waals surface area contributed by atoms with Gasteiger partial charge in [-0.1, -0.05) is 12.0 Å². The number of hydrogen-bond donors (Lipinski definition) is 2. The summed E-state index contributed by atoms with van der Waals surface area (Å²) in [6.45, 7) is 3.20. The van der Waals surface area contributed by atoms with Crippen LogP contribution in [0.2, 0.25) is 0 Å². The third-order valence-electron chi connectivity index (χ3n) is 6.27. The number of aromatic amines is 1. The van der Waals surface area contributed by atoms with Gasteiger partial charge in [-0.25, -0.2) is 15.0 Å². The zero-order valence-corrected chi connectivity index (χ0v) is 20.5. The molecule has 0 unspecified atom stereocenters. The second-order valence-electron chi connectivity index (χ2n) is 9.06. The summed E-state index contributed by atoms with van der Waals surface area (Å²) in [6, 6.07) is 8.97. The largest absolute Gasteiger partial charge is 0.416 e. The molecule has 4 aromatic rings. The summed E-state index contributed by atoms with van der Waals surface area (Å²) in [7, 11) is 1.99. The summed E-state index contributed by atoms with van der Waals surface area (Å²) < 4.78 is 41.6. The van der Waals surface area contributed by atoms with Crippen LogP contribution >= 0.6 is 0 Å². The minimum absolute atomic E-state index is 0.0152. The predicted molar refractivity (Wildman–Crippen MR) is 136 cm³/mol. The number of carbonyl (C=O) groups is 1. The molecule has 1 fully saturated rings. The lowest BCUT2D eigenvalue weighted by Crippen LogP contribution is -2.44. The Hall–Kier alpha value is -4.27. The zero-order valence-electron chi connectivity index (χ0n) is 20.5. The lowest BCUT2D eigenvalue weighted by molar-refractivity contribution is -0.138. The van der Waals surface area contributed by atoms with Crippen molar-refractivity contribution in [1.29, 1.82) is 0 Å². The van der Waals surface area contributed by atoms with Gasteiger partial charge in [0.25, 0.3) is 5.91 Å². The number of fused-ring (bicyclic) bond motifs is 1. The number of nitrogens with one attached hydrogen (secondary N) is 2. The number of carbonyl (C=O) groups excluding carboxylic acids is 1. The van der Waals surface area contributed by atoms with Crippen molar-refractivity contribution in [2.75, 3.05) is 38.5 Å². The molecule has 0 bridgehead atoms. The van der Waals surface area contributed by atoms with Gasteiger partial charge in [0.1, 0.15) is 11.3 Å². The molecule has 0 saturated carbocycles. The van der Waals surface area contributed by atoms with Crippen molar-refractivity contribution in [3.05, 3.63) is 83.2 Å². The second kappa shape index (κ2) is 10.6. The third kappa shape index (κ3) is 5.99. The topological polar surface area (TPSA) is 90.0 Å². The van der Waals surface area contributed by atoms with E-state index in [2.05, 4.69) is 42.0 Å². The van der Waals surface area contributed by atoms with Crippen molar-refractivity contribution >= 4 is 22.6 Å². The van der Waals surface area contributed by atoms with Crippen LogP contribution in [-0.4, -0.2) is 68.9 Å². The number of likely N-dealkylation sites (N-methyl/N-ethyl adjacent to an activating group) is 1. The molecule has 1 aliphatic heterocycles. The van der Waals surface area contributed by atoms with Crippen LogP contribution in [0.25, 0.3) is 11.0 Å².